The van der Waals surface area contributed by atoms with Gasteiger partial charge >= 0.3 is 0 Å². The maximum atomic E-state index is 6.21. The highest BCUT2D eigenvalue weighted by molar-refractivity contribution is 9.09. The maximum Gasteiger partial charge on any atom is 0.120 e. The van der Waals surface area contributed by atoms with Gasteiger partial charge < -0.3 is 9.47 Å². The Labute approximate surface area is 123 Å². The standard InChI is InChI=1S/C16H21BrO2/c1-2-18-12-5-7-13(8-6-12)19-15-11-14(17)16(15)9-3-4-10-16/h5-8,14-15H,2-4,9-11H2,1H3. The minimum atomic E-state index is 0.386. The summed E-state index contributed by atoms with van der Waals surface area (Å²) in [6, 6.07) is 8.03. The van der Waals surface area contributed by atoms with Crippen molar-refractivity contribution in [3.63, 3.8) is 0 Å². The highest BCUT2D eigenvalue weighted by Crippen LogP contribution is 2.57. The number of rotatable bonds is 4. The number of benzene rings is 1. The molecule has 0 saturated heterocycles. The fraction of sp³-hybridized carbons (Fsp3) is 0.625. The average Bonchev–Trinajstić information content (AvgIpc) is 2.93. The molecule has 0 aliphatic heterocycles. The van der Waals surface area contributed by atoms with Crippen molar-refractivity contribution in [2.75, 3.05) is 6.61 Å². The van der Waals surface area contributed by atoms with Crippen LogP contribution in [-0.4, -0.2) is 17.5 Å². The van der Waals surface area contributed by atoms with E-state index < -0.39 is 0 Å². The van der Waals surface area contributed by atoms with Crippen molar-refractivity contribution in [3.8, 4) is 11.5 Å². The first kappa shape index (κ1) is 13.3. The molecule has 2 nitrogen and oxygen atoms in total. The molecule has 0 aromatic heterocycles. The second-order valence-electron chi connectivity index (χ2n) is 5.65. The summed E-state index contributed by atoms with van der Waals surface area (Å²) in [6.07, 6.45) is 6.84. The number of halogens is 1. The molecule has 1 spiro atoms. The van der Waals surface area contributed by atoms with Crippen LogP contribution in [0.1, 0.15) is 39.0 Å². The van der Waals surface area contributed by atoms with Crippen LogP contribution in [0.25, 0.3) is 0 Å². The van der Waals surface area contributed by atoms with Gasteiger partial charge in [0.05, 0.1) is 6.61 Å². The lowest BCUT2D eigenvalue weighted by molar-refractivity contribution is -0.0304. The lowest BCUT2D eigenvalue weighted by Crippen LogP contribution is -2.55. The Balaban J connectivity index is 1.65. The molecule has 0 heterocycles. The van der Waals surface area contributed by atoms with E-state index in [1.165, 1.54) is 25.7 Å². The number of hydrogen-bond donors (Lipinski definition) is 0. The molecular weight excluding hydrogens is 304 g/mol. The Bertz CT molecular complexity index is 423. The summed E-state index contributed by atoms with van der Waals surface area (Å²) in [5.41, 5.74) is 0.401. The molecule has 0 amide bonds. The first-order valence-corrected chi connectivity index (χ1v) is 8.20. The van der Waals surface area contributed by atoms with Crippen LogP contribution >= 0.6 is 15.9 Å². The number of hydrogen-bond acceptors (Lipinski definition) is 2. The largest absolute Gasteiger partial charge is 0.494 e. The van der Waals surface area contributed by atoms with Crippen LogP contribution in [-0.2, 0) is 0 Å². The molecule has 3 rings (SSSR count). The van der Waals surface area contributed by atoms with Crippen LogP contribution in [0.3, 0.4) is 0 Å². The minimum absolute atomic E-state index is 0.386. The van der Waals surface area contributed by atoms with E-state index in [4.69, 9.17) is 9.47 Å². The lowest BCUT2D eigenvalue weighted by atomic mass is 9.64. The third kappa shape index (κ3) is 2.37. The Morgan fingerprint density at radius 3 is 2.37 bits per heavy atom. The van der Waals surface area contributed by atoms with Crippen LogP contribution in [0.15, 0.2) is 24.3 Å². The monoisotopic (exact) mass is 324 g/mol. The van der Waals surface area contributed by atoms with E-state index in [0.717, 1.165) is 17.9 Å². The van der Waals surface area contributed by atoms with E-state index in [1.807, 2.05) is 31.2 Å². The lowest BCUT2D eigenvalue weighted by Gasteiger charge is -2.51. The zero-order valence-corrected chi connectivity index (χ0v) is 13.0. The molecular formula is C16H21BrO2. The highest BCUT2D eigenvalue weighted by atomic mass is 79.9. The molecule has 2 atom stereocenters. The summed E-state index contributed by atoms with van der Waals surface area (Å²) in [7, 11) is 0. The smallest absolute Gasteiger partial charge is 0.120 e. The van der Waals surface area contributed by atoms with E-state index in [2.05, 4.69) is 15.9 Å². The van der Waals surface area contributed by atoms with Crippen molar-refractivity contribution in [3.05, 3.63) is 24.3 Å². The predicted octanol–water partition coefficient (Wildman–Crippen LogP) is 4.56. The molecule has 19 heavy (non-hydrogen) atoms. The van der Waals surface area contributed by atoms with Gasteiger partial charge in [-0.05, 0) is 50.5 Å². The van der Waals surface area contributed by atoms with Gasteiger partial charge in [-0.15, -0.1) is 0 Å². The molecule has 1 aromatic rings. The van der Waals surface area contributed by atoms with Crippen molar-refractivity contribution in [2.45, 2.75) is 50.0 Å². The number of ether oxygens (including phenoxy) is 2. The van der Waals surface area contributed by atoms with Gasteiger partial charge in [0.15, 0.2) is 0 Å². The Hall–Kier alpha value is -0.700. The first-order chi connectivity index (χ1) is 9.24. The summed E-state index contributed by atoms with van der Waals surface area (Å²) in [5.74, 6) is 1.89. The highest BCUT2D eigenvalue weighted by Gasteiger charge is 2.56. The molecule has 2 saturated carbocycles. The van der Waals surface area contributed by atoms with E-state index in [9.17, 15) is 0 Å². The average molecular weight is 325 g/mol. The van der Waals surface area contributed by atoms with Crippen LogP contribution in [0, 0.1) is 5.41 Å². The molecule has 0 N–H and O–H groups in total. The van der Waals surface area contributed by atoms with Gasteiger partial charge in [0, 0.05) is 10.2 Å². The molecule has 2 aliphatic rings. The Morgan fingerprint density at radius 1 is 1.16 bits per heavy atom. The van der Waals surface area contributed by atoms with Crippen molar-refractivity contribution in [1.29, 1.82) is 0 Å². The van der Waals surface area contributed by atoms with Gasteiger partial charge in [0.2, 0.25) is 0 Å². The van der Waals surface area contributed by atoms with E-state index in [-0.39, 0.29) is 0 Å². The first-order valence-electron chi connectivity index (χ1n) is 7.28. The van der Waals surface area contributed by atoms with E-state index in [0.29, 0.717) is 23.0 Å². The van der Waals surface area contributed by atoms with Gasteiger partial charge in [-0.1, -0.05) is 28.8 Å². The topological polar surface area (TPSA) is 18.5 Å². The van der Waals surface area contributed by atoms with Gasteiger partial charge in [0.25, 0.3) is 0 Å². The summed E-state index contributed by atoms with van der Waals surface area (Å²) >= 11 is 3.83. The van der Waals surface area contributed by atoms with E-state index in [1.54, 1.807) is 0 Å². The van der Waals surface area contributed by atoms with Crippen molar-refractivity contribution in [1.82, 2.24) is 0 Å². The molecule has 104 valence electrons. The predicted molar refractivity (Wildman–Crippen MR) is 80.3 cm³/mol. The quantitative estimate of drug-likeness (QED) is 0.756. The molecule has 0 radical (unpaired) electrons. The van der Waals surface area contributed by atoms with Gasteiger partial charge in [-0.3, -0.25) is 0 Å². The normalized spacial score (nSPS) is 28.1. The van der Waals surface area contributed by atoms with Crippen LogP contribution in [0.5, 0.6) is 11.5 Å². The zero-order chi connectivity index (χ0) is 13.3. The van der Waals surface area contributed by atoms with Crippen LogP contribution in [0.4, 0.5) is 0 Å². The van der Waals surface area contributed by atoms with Crippen molar-refractivity contribution in [2.24, 2.45) is 5.41 Å². The SMILES string of the molecule is CCOc1ccc(OC2CC(Br)C23CCCC3)cc1. The van der Waals surface area contributed by atoms with Crippen LogP contribution in [0.2, 0.25) is 0 Å². The molecule has 0 bridgehead atoms. The molecule has 2 aliphatic carbocycles. The van der Waals surface area contributed by atoms with E-state index >= 15 is 0 Å². The second-order valence-corrected chi connectivity index (χ2v) is 6.76. The third-order valence-corrected chi connectivity index (χ3v) is 5.92. The Morgan fingerprint density at radius 2 is 1.79 bits per heavy atom. The fourth-order valence-electron chi connectivity index (χ4n) is 3.48. The second kappa shape index (κ2) is 5.35. The van der Waals surface area contributed by atoms with Gasteiger partial charge in [0.1, 0.15) is 17.6 Å². The maximum absolute atomic E-state index is 6.21. The molecule has 1 aromatic carbocycles. The third-order valence-electron chi connectivity index (χ3n) is 4.63. The molecule has 3 heteroatoms. The van der Waals surface area contributed by atoms with Gasteiger partial charge in [-0.2, -0.15) is 0 Å². The summed E-state index contributed by atoms with van der Waals surface area (Å²) in [5, 5.41) is 0. The minimum Gasteiger partial charge on any atom is -0.494 e. The summed E-state index contributed by atoms with van der Waals surface area (Å²) < 4.78 is 11.7. The zero-order valence-electron chi connectivity index (χ0n) is 11.4. The number of alkyl halides is 1. The van der Waals surface area contributed by atoms with Crippen molar-refractivity contribution < 1.29 is 9.47 Å². The molecule has 2 fully saturated rings. The van der Waals surface area contributed by atoms with Crippen molar-refractivity contribution >= 4 is 15.9 Å². The van der Waals surface area contributed by atoms with Gasteiger partial charge in [-0.25, -0.2) is 0 Å². The fourth-order valence-corrected chi connectivity index (χ4v) is 4.57. The summed E-state index contributed by atoms with van der Waals surface area (Å²) in [6.45, 7) is 2.70. The Kier molecular flexibility index (Phi) is 3.75. The van der Waals surface area contributed by atoms with Crippen LogP contribution < -0.4 is 9.47 Å². The summed E-state index contributed by atoms with van der Waals surface area (Å²) in [4.78, 5) is 0.648. The molecule has 2 unspecified atom stereocenters.